The molecule has 1 N–H and O–H groups in total. The predicted octanol–water partition coefficient (Wildman–Crippen LogP) is 1.86. The molecular formula is C13H23NO2. The zero-order chi connectivity index (χ0) is 10.8. The van der Waals surface area contributed by atoms with Gasteiger partial charge in [-0.3, -0.25) is 0 Å². The topological polar surface area (TPSA) is 30.5 Å². The van der Waals surface area contributed by atoms with Crippen LogP contribution in [0.3, 0.4) is 0 Å². The molecule has 0 aromatic rings. The SMILES string of the molecule is C1CCC2(C1)CCC(COC1CCNC1)O2. The summed E-state index contributed by atoms with van der Waals surface area (Å²) in [6, 6.07) is 0. The summed E-state index contributed by atoms with van der Waals surface area (Å²) >= 11 is 0. The summed E-state index contributed by atoms with van der Waals surface area (Å²) in [6.07, 6.45) is 9.74. The molecular weight excluding hydrogens is 202 g/mol. The summed E-state index contributed by atoms with van der Waals surface area (Å²) in [5.74, 6) is 0. The van der Waals surface area contributed by atoms with Crippen molar-refractivity contribution in [1.29, 1.82) is 0 Å². The van der Waals surface area contributed by atoms with E-state index in [4.69, 9.17) is 9.47 Å². The molecule has 2 aliphatic heterocycles. The van der Waals surface area contributed by atoms with Gasteiger partial charge in [0.2, 0.25) is 0 Å². The molecule has 3 heteroatoms. The molecule has 92 valence electrons. The lowest BCUT2D eigenvalue weighted by atomic mass is 9.98. The number of nitrogens with one attached hydrogen (secondary N) is 1. The van der Waals surface area contributed by atoms with Gasteiger partial charge in [-0.2, -0.15) is 0 Å². The minimum absolute atomic E-state index is 0.266. The summed E-state index contributed by atoms with van der Waals surface area (Å²) in [5, 5.41) is 3.33. The number of hydrogen-bond acceptors (Lipinski definition) is 3. The molecule has 2 unspecified atom stereocenters. The monoisotopic (exact) mass is 225 g/mol. The van der Waals surface area contributed by atoms with Crippen molar-refractivity contribution in [3.8, 4) is 0 Å². The highest BCUT2D eigenvalue weighted by molar-refractivity contribution is 4.92. The first-order valence-electron chi connectivity index (χ1n) is 6.86. The van der Waals surface area contributed by atoms with E-state index in [0.29, 0.717) is 12.2 Å². The average Bonchev–Trinajstić information content (AvgIpc) is 3.01. The Bertz CT molecular complexity index is 232. The number of rotatable bonds is 3. The van der Waals surface area contributed by atoms with E-state index in [1.807, 2.05) is 0 Å². The second kappa shape index (κ2) is 4.63. The molecule has 2 saturated heterocycles. The van der Waals surface area contributed by atoms with Crippen molar-refractivity contribution < 1.29 is 9.47 Å². The van der Waals surface area contributed by atoms with Crippen molar-refractivity contribution in [1.82, 2.24) is 5.32 Å². The van der Waals surface area contributed by atoms with E-state index in [1.54, 1.807) is 0 Å². The van der Waals surface area contributed by atoms with Gasteiger partial charge in [0.25, 0.3) is 0 Å². The van der Waals surface area contributed by atoms with Crippen molar-refractivity contribution in [2.24, 2.45) is 0 Å². The van der Waals surface area contributed by atoms with Gasteiger partial charge < -0.3 is 14.8 Å². The van der Waals surface area contributed by atoms with E-state index >= 15 is 0 Å². The minimum Gasteiger partial charge on any atom is -0.374 e. The Morgan fingerprint density at radius 3 is 2.81 bits per heavy atom. The van der Waals surface area contributed by atoms with E-state index < -0.39 is 0 Å². The maximum absolute atomic E-state index is 6.22. The van der Waals surface area contributed by atoms with Crippen LogP contribution in [-0.4, -0.2) is 37.5 Å². The zero-order valence-electron chi connectivity index (χ0n) is 10.0. The molecule has 2 heterocycles. The molecule has 3 nitrogen and oxygen atoms in total. The van der Waals surface area contributed by atoms with Gasteiger partial charge in [0, 0.05) is 6.54 Å². The Morgan fingerprint density at radius 2 is 2.06 bits per heavy atom. The fraction of sp³-hybridized carbons (Fsp3) is 1.00. The van der Waals surface area contributed by atoms with Gasteiger partial charge in [-0.15, -0.1) is 0 Å². The van der Waals surface area contributed by atoms with Crippen LogP contribution in [-0.2, 0) is 9.47 Å². The van der Waals surface area contributed by atoms with E-state index in [1.165, 1.54) is 38.5 Å². The third kappa shape index (κ3) is 2.27. The molecule has 1 aliphatic carbocycles. The lowest BCUT2D eigenvalue weighted by Crippen LogP contribution is -2.28. The summed E-state index contributed by atoms with van der Waals surface area (Å²) in [5.41, 5.74) is 0.266. The van der Waals surface area contributed by atoms with Gasteiger partial charge in [0.1, 0.15) is 0 Å². The van der Waals surface area contributed by atoms with Crippen LogP contribution in [0.1, 0.15) is 44.9 Å². The van der Waals surface area contributed by atoms with Crippen LogP contribution in [0.5, 0.6) is 0 Å². The standard InChI is InChI=1S/C13H23NO2/c1-2-6-13(5-1)7-3-12(16-13)10-15-11-4-8-14-9-11/h11-12,14H,1-10H2. The van der Waals surface area contributed by atoms with Gasteiger partial charge in [0.05, 0.1) is 24.4 Å². The predicted molar refractivity (Wildman–Crippen MR) is 62.5 cm³/mol. The van der Waals surface area contributed by atoms with Crippen molar-refractivity contribution in [3.63, 3.8) is 0 Å². The van der Waals surface area contributed by atoms with E-state index in [9.17, 15) is 0 Å². The number of hydrogen-bond donors (Lipinski definition) is 1. The first-order valence-corrected chi connectivity index (χ1v) is 6.86. The molecule has 0 amide bonds. The Balaban J connectivity index is 1.43. The molecule has 0 bridgehead atoms. The third-order valence-electron chi connectivity index (χ3n) is 4.39. The van der Waals surface area contributed by atoms with Crippen molar-refractivity contribution in [2.75, 3.05) is 19.7 Å². The molecule has 3 aliphatic rings. The van der Waals surface area contributed by atoms with Crippen LogP contribution in [0.15, 0.2) is 0 Å². The highest BCUT2D eigenvalue weighted by Gasteiger charge is 2.42. The maximum atomic E-state index is 6.22. The highest BCUT2D eigenvalue weighted by Crippen LogP contribution is 2.43. The Labute approximate surface area is 97.9 Å². The van der Waals surface area contributed by atoms with Gasteiger partial charge >= 0.3 is 0 Å². The minimum atomic E-state index is 0.266. The molecule has 3 fully saturated rings. The summed E-state index contributed by atoms with van der Waals surface area (Å²) in [7, 11) is 0. The van der Waals surface area contributed by atoms with Gasteiger partial charge in [0.15, 0.2) is 0 Å². The molecule has 0 radical (unpaired) electrons. The summed E-state index contributed by atoms with van der Waals surface area (Å²) < 4.78 is 12.1. The number of ether oxygens (including phenoxy) is 2. The maximum Gasteiger partial charge on any atom is 0.0817 e. The second-order valence-electron chi connectivity index (χ2n) is 5.62. The van der Waals surface area contributed by atoms with Crippen LogP contribution in [0.25, 0.3) is 0 Å². The van der Waals surface area contributed by atoms with E-state index in [0.717, 1.165) is 26.1 Å². The molecule has 2 atom stereocenters. The van der Waals surface area contributed by atoms with E-state index in [2.05, 4.69) is 5.32 Å². The van der Waals surface area contributed by atoms with Crippen molar-refractivity contribution >= 4 is 0 Å². The molecule has 1 spiro atoms. The Kier molecular flexibility index (Phi) is 3.18. The average molecular weight is 225 g/mol. The highest BCUT2D eigenvalue weighted by atomic mass is 16.6. The van der Waals surface area contributed by atoms with Gasteiger partial charge in [-0.1, -0.05) is 12.8 Å². The van der Waals surface area contributed by atoms with Crippen molar-refractivity contribution in [2.45, 2.75) is 62.8 Å². The molecule has 0 aromatic carbocycles. The van der Waals surface area contributed by atoms with Gasteiger partial charge in [-0.25, -0.2) is 0 Å². The van der Waals surface area contributed by atoms with Crippen LogP contribution in [0, 0.1) is 0 Å². The Hall–Kier alpha value is -0.120. The fourth-order valence-electron chi connectivity index (χ4n) is 3.41. The summed E-state index contributed by atoms with van der Waals surface area (Å²) in [4.78, 5) is 0. The van der Waals surface area contributed by atoms with Crippen LogP contribution >= 0.6 is 0 Å². The normalized spacial score (nSPS) is 37.5. The fourth-order valence-corrected chi connectivity index (χ4v) is 3.41. The van der Waals surface area contributed by atoms with Crippen LogP contribution in [0.2, 0.25) is 0 Å². The van der Waals surface area contributed by atoms with E-state index in [-0.39, 0.29) is 5.60 Å². The van der Waals surface area contributed by atoms with Crippen molar-refractivity contribution in [3.05, 3.63) is 0 Å². The first kappa shape index (κ1) is 11.0. The largest absolute Gasteiger partial charge is 0.374 e. The second-order valence-corrected chi connectivity index (χ2v) is 5.62. The zero-order valence-corrected chi connectivity index (χ0v) is 10.0. The third-order valence-corrected chi connectivity index (χ3v) is 4.39. The molecule has 3 rings (SSSR count). The van der Waals surface area contributed by atoms with Crippen LogP contribution < -0.4 is 5.32 Å². The lowest BCUT2D eigenvalue weighted by molar-refractivity contribution is -0.0790. The Morgan fingerprint density at radius 1 is 1.19 bits per heavy atom. The quantitative estimate of drug-likeness (QED) is 0.795. The summed E-state index contributed by atoms with van der Waals surface area (Å²) in [6.45, 7) is 2.95. The molecule has 1 saturated carbocycles. The smallest absolute Gasteiger partial charge is 0.0817 e. The molecule has 16 heavy (non-hydrogen) atoms. The van der Waals surface area contributed by atoms with Crippen LogP contribution in [0.4, 0.5) is 0 Å². The first-order chi connectivity index (χ1) is 7.86. The molecule has 0 aromatic heterocycles. The lowest BCUT2D eigenvalue weighted by Gasteiger charge is -2.24. The van der Waals surface area contributed by atoms with Gasteiger partial charge in [-0.05, 0) is 38.6 Å².